The average Bonchev–Trinajstić information content (AvgIpc) is 2.40. The van der Waals surface area contributed by atoms with Crippen molar-refractivity contribution in [1.29, 1.82) is 0 Å². The van der Waals surface area contributed by atoms with E-state index in [-0.39, 0.29) is 6.17 Å². The van der Waals surface area contributed by atoms with Crippen molar-refractivity contribution >= 4 is 44.9 Å². The van der Waals surface area contributed by atoms with Crippen LogP contribution in [-0.2, 0) is 0 Å². The summed E-state index contributed by atoms with van der Waals surface area (Å²) < 4.78 is 1.67. The van der Waals surface area contributed by atoms with E-state index in [1.807, 2.05) is 6.34 Å². The highest BCUT2D eigenvalue weighted by Gasteiger charge is 2.38. The standard InChI is InChI=1S/C15H20BrClN3/c1-5-20(9-18-15(17)19-11(20)4)14-7-6-12(10(2)3)8-13(14)16/h6-11H,5H2,1-4H3/q+1. The fraction of sp³-hybridized carbons (Fsp3) is 0.467. The maximum absolute atomic E-state index is 5.92. The molecule has 5 heteroatoms. The maximum atomic E-state index is 5.92. The summed E-state index contributed by atoms with van der Waals surface area (Å²) in [7, 11) is 0. The van der Waals surface area contributed by atoms with Gasteiger partial charge in [-0.15, -0.1) is 0 Å². The van der Waals surface area contributed by atoms with Gasteiger partial charge in [0.1, 0.15) is 0 Å². The van der Waals surface area contributed by atoms with Gasteiger partial charge in [0.2, 0.25) is 5.29 Å². The van der Waals surface area contributed by atoms with E-state index in [0.29, 0.717) is 15.7 Å². The van der Waals surface area contributed by atoms with E-state index < -0.39 is 0 Å². The van der Waals surface area contributed by atoms with Crippen LogP contribution in [-0.4, -0.2) is 24.3 Å². The van der Waals surface area contributed by atoms with Gasteiger partial charge in [0, 0.05) is 13.0 Å². The number of amidine groups is 1. The Morgan fingerprint density at radius 3 is 2.60 bits per heavy atom. The largest absolute Gasteiger partial charge is 0.227 e. The first-order valence-electron chi connectivity index (χ1n) is 6.86. The molecular formula is C15H20BrClN3+. The van der Waals surface area contributed by atoms with Gasteiger partial charge in [-0.2, -0.15) is 9.98 Å². The van der Waals surface area contributed by atoms with Gasteiger partial charge in [-0.3, -0.25) is 0 Å². The van der Waals surface area contributed by atoms with Crippen molar-refractivity contribution in [3.63, 3.8) is 0 Å². The van der Waals surface area contributed by atoms with Gasteiger partial charge >= 0.3 is 0 Å². The van der Waals surface area contributed by atoms with Crippen LogP contribution in [0.25, 0.3) is 0 Å². The number of quaternary nitrogens is 1. The Hall–Kier alpha value is -0.710. The van der Waals surface area contributed by atoms with Crippen molar-refractivity contribution in [1.82, 2.24) is 4.48 Å². The molecule has 2 atom stereocenters. The van der Waals surface area contributed by atoms with Crippen LogP contribution < -0.4 is 4.48 Å². The molecule has 1 aliphatic rings. The molecule has 0 bridgehead atoms. The Balaban J connectivity index is 2.51. The Bertz CT molecular complexity index is 568. The molecule has 1 heterocycles. The SMILES string of the molecule is CC[N+]1(c2ccc(C(C)C)cc2Br)C=NC(Cl)=NC1C. The Morgan fingerprint density at radius 2 is 2.10 bits per heavy atom. The third-order valence-corrected chi connectivity index (χ3v) is 4.77. The number of halogens is 2. The molecule has 2 unspecified atom stereocenters. The highest BCUT2D eigenvalue weighted by molar-refractivity contribution is 9.10. The molecule has 2 rings (SSSR count). The summed E-state index contributed by atoms with van der Waals surface area (Å²) in [5, 5.41) is 0.328. The van der Waals surface area contributed by atoms with Crippen LogP contribution in [0.1, 0.15) is 39.2 Å². The summed E-state index contributed by atoms with van der Waals surface area (Å²) in [5.41, 5.74) is 2.49. The number of aliphatic imine (C=N–C) groups is 2. The van der Waals surface area contributed by atoms with Gasteiger partial charge in [-0.05, 0) is 52.0 Å². The molecule has 1 aromatic rings. The van der Waals surface area contributed by atoms with E-state index in [4.69, 9.17) is 11.6 Å². The van der Waals surface area contributed by atoms with Crippen molar-refractivity contribution in [2.75, 3.05) is 6.54 Å². The lowest BCUT2D eigenvalue weighted by Gasteiger charge is -2.38. The van der Waals surface area contributed by atoms with Crippen LogP contribution in [0.15, 0.2) is 32.7 Å². The Labute approximate surface area is 134 Å². The molecule has 3 nitrogen and oxygen atoms in total. The molecule has 1 aliphatic heterocycles. The van der Waals surface area contributed by atoms with Crippen molar-refractivity contribution < 1.29 is 0 Å². The predicted molar refractivity (Wildman–Crippen MR) is 91.8 cm³/mol. The fourth-order valence-electron chi connectivity index (χ4n) is 2.54. The van der Waals surface area contributed by atoms with Crippen LogP contribution >= 0.6 is 27.5 Å². The molecule has 0 saturated heterocycles. The van der Waals surface area contributed by atoms with Gasteiger partial charge in [0.05, 0.1) is 11.0 Å². The second kappa shape index (κ2) is 5.96. The zero-order chi connectivity index (χ0) is 14.9. The lowest BCUT2D eigenvalue weighted by atomic mass is 10.0. The summed E-state index contributed by atoms with van der Waals surface area (Å²) in [4.78, 5) is 8.64. The van der Waals surface area contributed by atoms with Crippen molar-refractivity contribution in [2.45, 2.75) is 39.8 Å². The number of nitrogens with zero attached hydrogens (tertiary/aromatic N) is 3. The first-order chi connectivity index (χ1) is 9.40. The van der Waals surface area contributed by atoms with Gasteiger partial charge in [-0.1, -0.05) is 19.9 Å². The Morgan fingerprint density at radius 1 is 1.40 bits per heavy atom. The van der Waals surface area contributed by atoms with E-state index in [9.17, 15) is 0 Å². The summed E-state index contributed by atoms with van der Waals surface area (Å²) in [6.45, 7) is 9.47. The molecule has 0 spiro atoms. The van der Waals surface area contributed by atoms with Gasteiger partial charge in [-0.25, -0.2) is 4.48 Å². The highest BCUT2D eigenvalue weighted by Crippen LogP contribution is 2.36. The fourth-order valence-corrected chi connectivity index (χ4v) is 3.45. The third kappa shape index (κ3) is 2.69. The minimum atomic E-state index is 0.0196. The van der Waals surface area contributed by atoms with E-state index in [0.717, 1.165) is 11.0 Å². The molecule has 0 radical (unpaired) electrons. The van der Waals surface area contributed by atoms with Gasteiger partial charge < -0.3 is 0 Å². The minimum Gasteiger partial charge on any atom is -0.227 e. The normalized spacial score (nSPS) is 25.9. The van der Waals surface area contributed by atoms with E-state index in [1.165, 1.54) is 11.3 Å². The van der Waals surface area contributed by atoms with Crippen molar-refractivity contribution in [2.24, 2.45) is 9.98 Å². The van der Waals surface area contributed by atoms with Gasteiger partial charge in [0.25, 0.3) is 0 Å². The molecule has 0 aliphatic carbocycles. The molecule has 0 aromatic heterocycles. The maximum Gasteiger partial charge on any atom is 0.227 e. The average molecular weight is 358 g/mol. The van der Waals surface area contributed by atoms with Crippen molar-refractivity contribution in [3.8, 4) is 0 Å². The summed E-state index contributed by atoms with van der Waals surface area (Å²) in [6, 6.07) is 6.54. The van der Waals surface area contributed by atoms with E-state index >= 15 is 0 Å². The smallest absolute Gasteiger partial charge is 0.227 e. The molecule has 0 amide bonds. The van der Waals surface area contributed by atoms with Crippen molar-refractivity contribution in [3.05, 3.63) is 28.2 Å². The van der Waals surface area contributed by atoms with Crippen LogP contribution in [0, 0.1) is 0 Å². The number of rotatable bonds is 3. The molecule has 20 heavy (non-hydrogen) atoms. The second-order valence-corrected chi connectivity index (χ2v) is 6.58. The number of benzene rings is 1. The summed E-state index contributed by atoms with van der Waals surface area (Å²) >= 11 is 9.63. The van der Waals surface area contributed by atoms with Crippen LogP contribution in [0.5, 0.6) is 0 Å². The first-order valence-corrected chi connectivity index (χ1v) is 8.03. The lowest BCUT2D eigenvalue weighted by Crippen LogP contribution is -2.55. The summed E-state index contributed by atoms with van der Waals surface area (Å²) in [5.74, 6) is 0.510. The van der Waals surface area contributed by atoms with Crippen LogP contribution in [0.4, 0.5) is 5.69 Å². The molecule has 0 saturated carbocycles. The zero-order valence-corrected chi connectivity index (χ0v) is 14.6. The highest BCUT2D eigenvalue weighted by atomic mass is 79.9. The molecule has 0 N–H and O–H groups in total. The van der Waals surface area contributed by atoms with Gasteiger partial charge in [0.15, 0.2) is 18.2 Å². The van der Waals surface area contributed by atoms with E-state index in [2.05, 4.69) is 71.8 Å². The van der Waals surface area contributed by atoms with Crippen LogP contribution in [0.2, 0.25) is 0 Å². The molecule has 0 fully saturated rings. The number of hydrogen-bond acceptors (Lipinski definition) is 2. The monoisotopic (exact) mass is 356 g/mol. The molecule has 1 aromatic carbocycles. The zero-order valence-electron chi connectivity index (χ0n) is 12.3. The summed E-state index contributed by atoms with van der Waals surface area (Å²) in [6.07, 6.45) is 1.92. The number of hydrogen-bond donors (Lipinski definition) is 0. The topological polar surface area (TPSA) is 24.7 Å². The predicted octanol–water partition coefficient (Wildman–Crippen LogP) is 4.88. The second-order valence-electron chi connectivity index (χ2n) is 5.39. The first kappa shape index (κ1) is 15.7. The molecule has 108 valence electrons. The van der Waals surface area contributed by atoms with Crippen LogP contribution in [0.3, 0.4) is 0 Å². The minimum absolute atomic E-state index is 0.0196. The van der Waals surface area contributed by atoms with E-state index in [1.54, 1.807) is 0 Å². The quantitative estimate of drug-likeness (QED) is 0.544. The third-order valence-electron chi connectivity index (χ3n) is 3.94. The molecular weight excluding hydrogens is 338 g/mol. The lowest BCUT2D eigenvalue weighted by molar-refractivity contribution is 0.354. The Kier molecular flexibility index (Phi) is 4.67.